The molecule has 0 aromatic rings. The molecule has 0 N–H and O–H groups in total. The Morgan fingerprint density at radius 2 is 1.94 bits per heavy atom. The van der Waals surface area contributed by atoms with E-state index in [0.29, 0.717) is 5.84 Å². The van der Waals surface area contributed by atoms with Gasteiger partial charge in [0.1, 0.15) is 5.84 Å². The molecule has 0 spiro atoms. The third-order valence-electron chi connectivity index (χ3n) is 2.44. The maximum absolute atomic E-state index is 12.4. The molecule has 0 saturated carbocycles. The van der Waals surface area contributed by atoms with Crippen molar-refractivity contribution in [2.24, 2.45) is 4.99 Å². The topological polar surface area (TPSA) is 15.6 Å². The first kappa shape index (κ1) is 12.8. The molecule has 0 saturated heterocycles. The summed E-state index contributed by atoms with van der Waals surface area (Å²) in [6.07, 6.45) is -0.647. The van der Waals surface area contributed by atoms with Crippen LogP contribution in [0.5, 0.6) is 0 Å². The van der Waals surface area contributed by atoms with Gasteiger partial charge in [-0.1, -0.05) is 6.08 Å². The standard InChI is InChI=1S/C11H15F3N2/c1-3-16(4-2)10-6-5-9(7-8-15-10)11(12,13)14/h5,7-8H,3-4,6H2,1-2H3. The average molecular weight is 232 g/mol. The van der Waals surface area contributed by atoms with Gasteiger partial charge in [-0.2, -0.15) is 13.2 Å². The van der Waals surface area contributed by atoms with Crippen molar-refractivity contribution in [1.82, 2.24) is 4.90 Å². The number of nitrogens with zero attached hydrogens (tertiary/aromatic N) is 2. The van der Waals surface area contributed by atoms with Crippen LogP contribution in [-0.2, 0) is 0 Å². The number of aliphatic imine (C=N–C) groups is 1. The van der Waals surface area contributed by atoms with Crippen LogP contribution < -0.4 is 0 Å². The van der Waals surface area contributed by atoms with Gasteiger partial charge in [-0.05, 0) is 19.9 Å². The van der Waals surface area contributed by atoms with Gasteiger partial charge in [-0.25, -0.2) is 4.99 Å². The first-order valence-electron chi connectivity index (χ1n) is 5.24. The second-order valence-electron chi connectivity index (χ2n) is 3.39. The molecule has 0 amide bonds. The van der Waals surface area contributed by atoms with Crippen LogP contribution in [-0.4, -0.2) is 30.0 Å². The molecular weight excluding hydrogens is 217 g/mol. The highest BCUT2D eigenvalue weighted by Gasteiger charge is 2.32. The first-order valence-corrected chi connectivity index (χ1v) is 5.24. The van der Waals surface area contributed by atoms with Crippen molar-refractivity contribution >= 4 is 5.84 Å². The number of amidine groups is 1. The average Bonchev–Trinajstić information content (AvgIpc) is 2.45. The van der Waals surface area contributed by atoms with Crippen LogP contribution in [0.2, 0.25) is 0 Å². The SMILES string of the molecule is CCN(CC)C1=NC=CC(C(F)(F)F)=CC1. The minimum Gasteiger partial charge on any atom is -0.360 e. The quantitative estimate of drug-likeness (QED) is 0.714. The summed E-state index contributed by atoms with van der Waals surface area (Å²) in [6.45, 7) is 5.40. The van der Waals surface area contributed by atoms with Gasteiger partial charge in [0.25, 0.3) is 0 Å². The van der Waals surface area contributed by atoms with Gasteiger partial charge in [0, 0.05) is 25.7 Å². The third kappa shape index (κ3) is 3.12. The molecule has 16 heavy (non-hydrogen) atoms. The van der Waals surface area contributed by atoms with Crippen LogP contribution in [0.25, 0.3) is 0 Å². The molecule has 1 aliphatic heterocycles. The minimum atomic E-state index is -4.29. The minimum absolute atomic E-state index is 0.226. The van der Waals surface area contributed by atoms with E-state index >= 15 is 0 Å². The van der Waals surface area contributed by atoms with E-state index in [1.54, 1.807) is 0 Å². The molecule has 0 unspecified atom stereocenters. The van der Waals surface area contributed by atoms with Crippen molar-refractivity contribution in [3.63, 3.8) is 0 Å². The molecule has 0 aliphatic carbocycles. The maximum Gasteiger partial charge on any atom is 0.416 e. The van der Waals surface area contributed by atoms with Crippen molar-refractivity contribution in [2.75, 3.05) is 13.1 Å². The highest BCUT2D eigenvalue weighted by Crippen LogP contribution is 2.28. The second-order valence-corrected chi connectivity index (χ2v) is 3.39. The molecule has 0 atom stereocenters. The summed E-state index contributed by atoms with van der Waals surface area (Å²) in [5, 5.41) is 0. The largest absolute Gasteiger partial charge is 0.416 e. The number of halogens is 3. The highest BCUT2D eigenvalue weighted by atomic mass is 19.4. The number of rotatable bonds is 2. The van der Waals surface area contributed by atoms with Gasteiger partial charge in [0.2, 0.25) is 0 Å². The zero-order valence-electron chi connectivity index (χ0n) is 9.38. The molecule has 2 nitrogen and oxygen atoms in total. The predicted molar refractivity (Wildman–Crippen MR) is 58.3 cm³/mol. The van der Waals surface area contributed by atoms with Crippen LogP contribution in [0, 0.1) is 0 Å². The van der Waals surface area contributed by atoms with E-state index in [-0.39, 0.29) is 6.42 Å². The third-order valence-corrected chi connectivity index (χ3v) is 2.44. The number of alkyl halides is 3. The summed E-state index contributed by atoms with van der Waals surface area (Å²) < 4.78 is 37.3. The maximum atomic E-state index is 12.4. The van der Waals surface area contributed by atoms with Crippen LogP contribution in [0.15, 0.2) is 28.9 Å². The van der Waals surface area contributed by atoms with Crippen molar-refractivity contribution in [3.8, 4) is 0 Å². The Kier molecular flexibility index (Phi) is 4.15. The number of hydrogen-bond donors (Lipinski definition) is 0. The lowest BCUT2D eigenvalue weighted by atomic mass is 10.2. The van der Waals surface area contributed by atoms with E-state index in [0.717, 1.165) is 19.2 Å². The Labute approximate surface area is 93.2 Å². The monoisotopic (exact) mass is 232 g/mol. The van der Waals surface area contributed by atoms with E-state index in [9.17, 15) is 13.2 Å². The van der Waals surface area contributed by atoms with E-state index < -0.39 is 11.7 Å². The van der Waals surface area contributed by atoms with Crippen molar-refractivity contribution < 1.29 is 13.2 Å². The van der Waals surface area contributed by atoms with Crippen molar-refractivity contribution in [2.45, 2.75) is 26.4 Å². The summed E-state index contributed by atoms with van der Waals surface area (Å²) >= 11 is 0. The van der Waals surface area contributed by atoms with Crippen LogP contribution >= 0.6 is 0 Å². The van der Waals surface area contributed by atoms with E-state index in [1.807, 2.05) is 18.7 Å². The summed E-state index contributed by atoms with van der Waals surface area (Å²) in [5.41, 5.74) is -0.626. The number of allylic oxidation sites excluding steroid dienone is 2. The van der Waals surface area contributed by atoms with Crippen LogP contribution in [0.1, 0.15) is 20.3 Å². The lowest BCUT2D eigenvalue weighted by Crippen LogP contribution is -2.30. The van der Waals surface area contributed by atoms with Crippen molar-refractivity contribution in [1.29, 1.82) is 0 Å². The fourth-order valence-electron chi connectivity index (χ4n) is 1.54. The fraction of sp³-hybridized carbons (Fsp3) is 0.545. The van der Waals surface area contributed by atoms with E-state index in [1.165, 1.54) is 12.3 Å². The molecule has 90 valence electrons. The lowest BCUT2D eigenvalue weighted by Gasteiger charge is -2.21. The summed E-state index contributed by atoms with van der Waals surface area (Å²) in [5.74, 6) is 0.681. The number of hydrogen-bond acceptors (Lipinski definition) is 2. The van der Waals surface area contributed by atoms with Crippen LogP contribution in [0.3, 0.4) is 0 Å². The van der Waals surface area contributed by atoms with E-state index in [4.69, 9.17) is 0 Å². The normalized spacial score (nSPS) is 16.6. The molecule has 1 rings (SSSR count). The fourth-order valence-corrected chi connectivity index (χ4v) is 1.54. The molecule has 0 fully saturated rings. The Bertz CT molecular complexity index is 323. The molecular formula is C11H15F3N2. The Morgan fingerprint density at radius 3 is 2.44 bits per heavy atom. The Morgan fingerprint density at radius 1 is 1.31 bits per heavy atom. The van der Waals surface area contributed by atoms with Gasteiger partial charge in [-0.15, -0.1) is 0 Å². The second kappa shape index (κ2) is 5.18. The summed E-state index contributed by atoms with van der Waals surface area (Å²) in [4.78, 5) is 5.98. The molecule has 1 aliphatic rings. The first-order chi connectivity index (χ1) is 7.49. The predicted octanol–water partition coefficient (Wildman–Crippen LogP) is 3.13. The zero-order valence-corrected chi connectivity index (χ0v) is 9.38. The van der Waals surface area contributed by atoms with Crippen LogP contribution in [0.4, 0.5) is 13.2 Å². The molecule has 0 bridgehead atoms. The Balaban J connectivity index is 2.82. The summed E-state index contributed by atoms with van der Waals surface area (Å²) in [7, 11) is 0. The molecule has 0 radical (unpaired) electrons. The highest BCUT2D eigenvalue weighted by molar-refractivity contribution is 5.84. The lowest BCUT2D eigenvalue weighted by molar-refractivity contribution is -0.0883. The Hall–Kier alpha value is -1.26. The van der Waals surface area contributed by atoms with Crippen molar-refractivity contribution in [3.05, 3.63) is 23.9 Å². The van der Waals surface area contributed by atoms with Gasteiger partial charge >= 0.3 is 6.18 Å². The van der Waals surface area contributed by atoms with E-state index in [2.05, 4.69) is 4.99 Å². The van der Waals surface area contributed by atoms with Gasteiger partial charge in [-0.3, -0.25) is 0 Å². The van der Waals surface area contributed by atoms with Gasteiger partial charge in [0.15, 0.2) is 0 Å². The van der Waals surface area contributed by atoms with Gasteiger partial charge < -0.3 is 4.90 Å². The van der Waals surface area contributed by atoms with Gasteiger partial charge in [0.05, 0.1) is 5.57 Å². The molecule has 0 aromatic carbocycles. The zero-order chi connectivity index (χ0) is 12.2. The molecule has 5 heteroatoms. The molecule has 1 heterocycles. The smallest absolute Gasteiger partial charge is 0.360 e. The summed E-state index contributed by atoms with van der Waals surface area (Å²) in [6, 6.07) is 0. The molecule has 0 aromatic heterocycles.